The Morgan fingerprint density at radius 2 is 2.00 bits per heavy atom. The van der Waals surface area contributed by atoms with E-state index in [1.54, 1.807) is 24.3 Å². The number of nitrogens with zero attached hydrogens (tertiary/aromatic N) is 4. The van der Waals surface area contributed by atoms with Gasteiger partial charge in [0.05, 0.1) is 18.4 Å². The molecule has 27 heavy (non-hydrogen) atoms. The van der Waals surface area contributed by atoms with Crippen molar-refractivity contribution >= 4 is 11.7 Å². The van der Waals surface area contributed by atoms with Gasteiger partial charge in [0, 0.05) is 18.7 Å². The average Bonchev–Trinajstić information content (AvgIpc) is 3.00. The first kappa shape index (κ1) is 16.9. The van der Waals surface area contributed by atoms with E-state index in [4.69, 9.17) is 4.74 Å². The minimum absolute atomic E-state index is 0.178. The first-order valence-electron chi connectivity index (χ1n) is 8.23. The molecule has 3 heterocycles. The van der Waals surface area contributed by atoms with E-state index in [0.29, 0.717) is 29.4 Å². The molecule has 0 spiro atoms. The normalized spacial score (nSPS) is 13.0. The molecule has 7 nitrogen and oxygen atoms in total. The number of anilines is 1. The van der Waals surface area contributed by atoms with Crippen LogP contribution in [0, 0.1) is 5.82 Å². The Hall–Kier alpha value is -3.55. The van der Waals surface area contributed by atoms with Gasteiger partial charge in [0.2, 0.25) is 0 Å². The van der Waals surface area contributed by atoms with Crippen LogP contribution in [0.25, 0.3) is 0 Å². The minimum Gasteiger partial charge on any atom is -0.487 e. The van der Waals surface area contributed by atoms with Crippen molar-refractivity contribution in [2.24, 2.45) is 7.05 Å². The Morgan fingerprint density at radius 1 is 1.15 bits per heavy atom. The molecule has 8 heteroatoms. The second kappa shape index (κ2) is 6.64. The number of rotatable bonds is 4. The highest BCUT2D eigenvalue weighted by Crippen LogP contribution is 2.29. The van der Waals surface area contributed by atoms with Gasteiger partial charge >= 0.3 is 0 Å². The molecule has 0 N–H and O–H groups in total. The third-order valence-corrected chi connectivity index (χ3v) is 4.28. The van der Waals surface area contributed by atoms with Crippen molar-refractivity contribution in [3.05, 3.63) is 81.7 Å². The maximum atomic E-state index is 12.9. The molecule has 0 bridgehead atoms. The summed E-state index contributed by atoms with van der Waals surface area (Å²) in [4.78, 5) is 29.6. The summed E-state index contributed by atoms with van der Waals surface area (Å²) in [5.74, 6) is 0.420. The van der Waals surface area contributed by atoms with Crippen LogP contribution in [0.2, 0.25) is 0 Å². The largest absolute Gasteiger partial charge is 0.487 e. The number of amides is 1. The van der Waals surface area contributed by atoms with Gasteiger partial charge in [-0.05, 0) is 42.0 Å². The van der Waals surface area contributed by atoms with Crippen LogP contribution in [0.4, 0.5) is 10.2 Å². The summed E-state index contributed by atoms with van der Waals surface area (Å²) in [6.45, 7) is 0.532. The summed E-state index contributed by atoms with van der Waals surface area (Å²) in [5, 5.41) is 4.13. The fraction of sp³-hybridized carbons (Fsp3) is 0.158. The number of fused-ring (bicyclic) bond motifs is 1. The summed E-state index contributed by atoms with van der Waals surface area (Å²) in [7, 11) is 1.54. The quantitative estimate of drug-likeness (QED) is 0.706. The molecule has 136 valence electrons. The van der Waals surface area contributed by atoms with Gasteiger partial charge in [0.15, 0.2) is 5.82 Å². The zero-order valence-corrected chi connectivity index (χ0v) is 14.4. The highest BCUT2D eigenvalue weighted by Gasteiger charge is 2.30. The van der Waals surface area contributed by atoms with Crippen molar-refractivity contribution in [3.8, 4) is 5.75 Å². The van der Waals surface area contributed by atoms with Gasteiger partial charge in [-0.25, -0.2) is 9.07 Å². The lowest BCUT2D eigenvalue weighted by atomic mass is 10.1. The summed E-state index contributed by atoms with van der Waals surface area (Å²) in [6.07, 6.45) is 1.14. The number of carbonyl (C=O) groups is 1. The molecule has 1 aromatic carbocycles. The summed E-state index contributed by atoms with van der Waals surface area (Å²) in [6, 6.07) is 11.0. The van der Waals surface area contributed by atoms with Crippen molar-refractivity contribution in [1.29, 1.82) is 0 Å². The van der Waals surface area contributed by atoms with Gasteiger partial charge < -0.3 is 4.74 Å². The second-order valence-corrected chi connectivity index (χ2v) is 6.12. The first-order chi connectivity index (χ1) is 13.0. The van der Waals surface area contributed by atoms with Crippen LogP contribution in [0.3, 0.4) is 0 Å². The SMILES string of the molecule is Cn1nc(N2Cc3cc(OCc4ccc(F)cn4)ccc3C2=O)ccc1=O. The Kier molecular flexibility index (Phi) is 4.15. The Bertz CT molecular complexity index is 1080. The van der Waals surface area contributed by atoms with Crippen LogP contribution in [0.15, 0.2) is 53.5 Å². The van der Waals surface area contributed by atoms with Gasteiger partial charge in [-0.3, -0.25) is 19.5 Å². The van der Waals surface area contributed by atoms with Gasteiger partial charge in [-0.15, -0.1) is 0 Å². The predicted molar refractivity (Wildman–Crippen MR) is 95.0 cm³/mol. The van der Waals surface area contributed by atoms with E-state index >= 15 is 0 Å². The van der Waals surface area contributed by atoms with Crippen LogP contribution in [0.5, 0.6) is 5.75 Å². The second-order valence-electron chi connectivity index (χ2n) is 6.12. The number of aromatic nitrogens is 3. The van der Waals surface area contributed by atoms with Crippen LogP contribution >= 0.6 is 0 Å². The van der Waals surface area contributed by atoms with Crippen LogP contribution < -0.4 is 15.2 Å². The van der Waals surface area contributed by atoms with Gasteiger partial charge in [0.25, 0.3) is 11.5 Å². The molecular formula is C19H15FN4O3. The fourth-order valence-corrected chi connectivity index (χ4v) is 2.85. The van der Waals surface area contributed by atoms with Crippen LogP contribution in [-0.2, 0) is 20.2 Å². The van der Waals surface area contributed by atoms with Crippen molar-refractivity contribution < 1.29 is 13.9 Å². The molecule has 0 atom stereocenters. The highest BCUT2D eigenvalue weighted by atomic mass is 19.1. The lowest BCUT2D eigenvalue weighted by Gasteiger charge is -2.14. The lowest BCUT2D eigenvalue weighted by molar-refractivity contribution is 0.0995. The van der Waals surface area contributed by atoms with Gasteiger partial charge in [0.1, 0.15) is 18.2 Å². The maximum Gasteiger partial charge on any atom is 0.266 e. The zero-order chi connectivity index (χ0) is 19.0. The topological polar surface area (TPSA) is 77.3 Å². The molecule has 0 saturated carbocycles. The van der Waals surface area contributed by atoms with Crippen LogP contribution in [-0.4, -0.2) is 20.7 Å². The first-order valence-corrected chi connectivity index (χ1v) is 8.23. The number of hydrogen-bond donors (Lipinski definition) is 0. The number of halogens is 1. The fourth-order valence-electron chi connectivity index (χ4n) is 2.85. The maximum absolute atomic E-state index is 12.9. The monoisotopic (exact) mass is 366 g/mol. The number of ether oxygens (including phenoxy) is 1. The minimum atomic E-state index is -0.401. The smallest absolute Gasteiger partial charge is 0.266 e. The molecule has 3 aromatic rings. The van der Waals surface area contributed by atoms with E-state index in [0.717, 1.165) is 11.8 Å². The standard InChI is InChI=1S/C19H15FN4O3/c1-23-18(25)7-6-17(22-23)24-10-12-8-15(4-5-16(12)19(24)26)27-11-14-3-2-13(20)9-21-14/h2-9H,10-11H2,1H3. The number of aryl methyl sites for hydroxylation is 1. The van der Waals surface area contributed by atoms with E-state index in [1.165, 1.54) is 34.8 Å². The molecular weight excluding hydrogens is 351 g/mol. The Morgan fingerprint density at radius 3 is 2.74 bits per heavy atom. The predicted octanol–water partition coefficient (Wildman–Crippen LogP) is 2.05. The van der Waals surface area contributed by atoms with Crippen molar-refractivity contribution in [3.63, 3.8) is 0 Å². The Labute approximate surface area is 153 Å². The van der Waals surface area contributed by atoms with E-state index in [2.05, 4.69) is 10.1 Å². The molecule has 1 aliphatic heterocycles. The molecule has 4 rings (SSSR count). The third-order valence-electron chi connectivity index (χ3n) is 4.28. The van der Waals surface area contributed by atoms with Crippen molar-refractivity contribution in [2.75, 3.05) is 4.90 Å². The number of benzene rings is 1. The average molecular weight is 366 g/mol. The summed E-state index contributed by atoms with van der Waals surface area (Å²) >= 11 is 0. The van der Waals surface area contributed by atoms with E-state index in [1.807, 2.05) is 0 Å². The third kappa shape index (κ3) is 3.29. The molecule has 1 aliphatic rings. The van der Waals surface area contributed by atoms with E-state index < -0.39 is 5.82 Å². The summed E-state index contributed by atoms with van der Waals surface area (Å²) in [5.41, 5.74) is 1.73. The number of hydrogen-bond acceptors (Lipinski definition) is 5. The number of carbonyl (C=O) groups excluding carboxylic acids is 1. The Balaban J connectivity index is 1.52. The van der Waals surface area contributed by atoms with E-state index in [-0.39, 0.29) is 18.1 Å². The molecule has 2 aromatic heterocycles. The molecule has 0 unspecified atom stereocenters. The van der Waals surface area contributed by atoms with E-state index in [9.17, 15) is 14.0 Å². The molecule has 1 amide bonds. The highest BCUT2D eigenvalue weighted by molar-refractivity contribution is 6.09. The summed E-state index contributed by atoms with van der Waals surface area (Å²) < 4.78 is 19.8. The molecule has 0 saturated heterocycles. The molecule has 0 fully saturated rings. The molecule has 0 aliphatic carbocycles. The lowest BCUT2D eigenvalue weighted by Crippen LogP contribution is -2.28. The van der Waals surface area contributed by atoms with Crippen molar-refractivity contribution in [1.82, 2.24) is 14.8 Å². The van der Waals surface area contributed by atoms with Gasteiger partial charge in [-0.2, -0.15) is 5.10 Å². The molecule has 0 radical (unpaired) electrons. The number of pyridine rings is 1. The van der Waals surface area contributed by atoms with Crippen molar-refractivity contribution in [2.45, 2.75) is 13.2 Å². The van der Waals surface area contributed by atoms with Gasteiger partial charge in [-0.1, -0.05) is 0 Å². The zero-order valence-electron chi connectivity index (χ0n) is 14.4. The van der Waals surface area contributed by atoms with Crippen LogP contribution in [0.1, 0.15) is 21.6 Å².